The molecule has 180 valence electrons. The van der Waals surface area contributed by atoms with Crippen LogP contribution in [0.25, 0.3) is 33.9 Å². The summed E-state index contributed by atoms with van der Waals surface area (Å²) in [6.07, 6.45) is 1.54. The highest BCUT2D eigenvalue weighted by Crippen LogP contribution is 2.23. The number of hydrogen-bond acceptors (Lipinski definition) is 7. The maximum atomic E-state index is 13.3. The summed E-state index contributed by atoms with van der Waals surface area (Å²) in [4.78, 5) is 35.2. The summed E-state index contributed by atoms with van der Waals surface area (Å²) in [5.41, 5.74) is 3.50. The van der Waals surface area contributed by atoms with Crippen molar-refractivity contribution in [3.63, 3.8) is 0 Å². The third kappa shape index (κ3) is 4.58. The number of rotatable bonds is 6. The molecule has 3 aromatic heterocycles. The van der Waals surface area contributed by atoms with E-state index < -0.39 is 0 Å². The number of methoxy groups -OCH3 is 1. The number of anilines is 1. The Labute approximate surface area is 206 Å². The lowest BCUT2D eigenvalue weighted by atomic mass is 10.1. The average Bonchev–Trinajstić information content (AvgIpc) is 3.36. The Kier molecular flexibility index (Phi) is 6.03. The van der Waals surface area contributed by atoms with Gasteiger partial charge >= 0.3 is 0 Å². The molecule has 9 heteroatoms. The molecule has 1 N–H and O–H groups in total. The topological polar surface area (TPSA) is 112 Å². The lowest BCUT2D eigenvalue weighted by Gasteiger charge is -2.12. The normalized spacial score (nSPS) is 11.0. The zero-order chi connectivity index (χ0) is 25.2. The molecular weight excluding hydrogens is 458 g/mol. The van der Waals surface area contributed by atoms with Crippen molar-refractivity contribution in [2.24, 2.45) is 0 Å². The number of carbonyl (C=O) groups is 1. The van der Waals surface area contributed by atoms with Gasteiger partial charge in [-0.3, -0.25) is 9.59 Å². The number of aryl methyl sites for hydroxylation is 2. The van der Waals surface area contributed by atoms with Crippen molar-refractivity contribution >= 4 is 22.6 Å². The van der Waals surface area contributed by atoms with Gasteiger partial charge < -0.3 is 19.1 Å². The summed E-state index contributed by atoms with van der Waals surface area (Å²) >= 11 is 0. The number of ether oxygens (including phenoxy) is 1. The van der Waals surface area contributed by atoms with Gasteiger partial charge in [-0.05, 0) is 50.2 Å². The van der Waals surface area contributed by atoms with Gasteiger partial charge in [0.25, 0.3) is 5.89 Å². The van der Waals surface area contributed by atoms with Gasteiger partial charge in [0.2, 0.25) is 17.2 Å². The SMILES string of the molecule is COc1ccc(NC(=O)Cn2cc(-c3nc(-c4ccc(C)cc4)no3)c(=O)c3ccc(C)nc32)cc1. The molecular formula is C27H23N5O4. The number of nitrogens with one attached hydrogen (secondary N) is 1. The van der Waals surface area contributed by atoms with Gasteiger partial charge in [-0.15, -0.1) is 0 Å². The quantitative estimate of drug-likeness (QED) is 0.383. The zero-order valence-corrected chi connectivity index (χ0v) is 20.0. The number of hydrogen-bond donors (Lipinski definition) is 1. The minimum absolute atomic E-state index is 0.0716. The average molecular weight is 482 g/mol. The molecule has 36 heavy (non-hydrogen) atoms. The van der Waals surface area contributed by atoms with Crippen LogP contribution in [0.4, 0.5) is 5.69 Å². The smallest absolute Gasteiger partial charge is 0.263 e. The first-order chi connectivity index (χ1) is 17.4. The monoisotopic (exact) mass is 481 g/mol. The molecule has 0 unspecified atom stereocenters. The van der Waals surface area contributed by atoms with Crippen LogP contribution in [-0.2, 0) is 11.3 Å². The van der Waals surface area contributed by atoms with Crippen LogP contribution in [0.2, 0.25) is 0 Å². The summed E-state index contributed by atoms with van der Waals surface area (Å²) in [5, 5.41) is 7.25. The zero-order valence-electron chi connectivity index (χ0n) is 20.0. The number of amides is 1. The highest BCUT2D eigenvalue weighted by atomic mass is 16.5. The van der Waals surface area contributed by atoms with Crippen molar-refractivity contribution in [1.29, 1.82) is 0 Å². The number of aromatic nitrogens is 4. The minimum atomic E-state index is -0.302. The Bertz CT molecular complexity index is 1620. The minimum Gasteiger partial charge on any atom is -0.497 e. The van der Waals surface area contributed by atoms with Gasteiger partial charge in [-0.25, -0.2) is 4.98 Å². The first kappa shape index (κ1) is 23.0. The number of benzene rings is 2. The van der Waals surface area contributed by atoms with Crippen molar-refractivity contribution in [1.82, 2.24) is 19.7 Å². The fourth-order valence-corrected chi connectivity index (χ4v) is 3.82. The van der Waals surface area contributed by atoms with Gasteiger partial charge in [0.1, 0.15) is 23.5 Å². The second-order valence-corrected chi connectivity index (χ2v) is 8.39. The van der Waals surface area contributed by atoms with Gasteiger partial charge in [-0.2, -0.15) is 4.98 Å². The largest absolute Gasteiger partial charge is 0.497 e. The van der Waals surface area contributed by atoms with E-state index in [9.17, 15) is 9.59 Å². The van der Waals surface area contributed by atoms with Gasteiger partial charge in [0, 0.05) is 23.1 Å². The summed E-state index contributed by atoms with van der Waals surface area (Å²) in [6, 6.07) is 18.1. The molecule has 3 heterocycles. The number of nitrogens with zero attached hydrogens (tertiary/aromatic N) is 4. The maximum absolute atomic E-state index is 13.3. The summed E-state index contributed by atoms with van der Waals surface area (Å²) < 4.78 is 12.2. The summed E-state index contributed by atoms with van der Waals surface area (Å²) in [7, 11) is 1.58. The van der Waals surface area contributed by atoms with Crippen molar-refractivity contribution < 1.29 is 14.1 Å². The van der Waals surface area contributed by atoms with E-state index >= 15 is 0 Å². The Morgan fingerprint density at radius 1 is 1.00 bits per heavy atom. The van der Waals surface area contributed by atoms with E-state index in [2.05, 4.69) is 20.4 Å². The molecule has 0 saturated heterocycles. The van der Waals surface area contributed by atoms with Crippen LogP contribution in [0, 0.1) is 13.8 Å². The molecule has 9 nitrogen and oxygen atoms in total. The van der Waals surface area contributed by atoms with E-state index in [4.69, 9.17) is 9.26 Å². The predicted molar refractivity (Wildman–Crippen MR) is 136 cm³/mol. The molecule has 0 aliphatic heterocycles. The third-order valence-electron chi connectivity index (χ3n) is 5.71. The Hall–Kier alpha value is -4.79. The second-order valence-electron chi connectivity index (χ2n) is 8.39. The van der Waals surface area contributed by atoms with Crippen LogP contribution in [0.5, 0.6) is 5.75 Å². The first-order valence-electron chi connectivity index (χ1n) is 11.3. The molecule has 0 saturated carbocycles. The van der Waals surface area contributed by atoms with Crippen LogP contribution in [0.15, 0.2) is 76.2 Å². The molecule has 5 rings (SSSR count). The standard InChI is InChI=1S/C27H23N5O4/c1-16-4-7-18(8-5-16)25-30-27(36-31-25)22-14-32(26-21(24(22)34)13-6-17(2)28-26)15-23(33)29-19-9-11-20(35-3)12-10-19/h4-14H,15H2,1-3H3,(H,29,33). The number of fused-ring (bicyclic) bond motifs is 1. The van der Waals surface area contributed by atoms with Gasteiger partial charge in [0.15, 0.2) is 0 Å². The molecule has 0 atom stereocenters. The summed E-state index contributed by atoms with van der Waals surface area (Å²) in [6.45, 7) is 3.74. The van der Waals surface area contributed by atoms with Crippen molar-refractivity contribution in [2.75, 3.05) is 12.4 Å². The third-order valence-corrected chi connectivity index (χ3v) is 5.71. The number of carbonyl (C=O) groups excluding carboxylic acids is 1. The van der Waals surface area contributed by atoms with Crippen LogP contribution < -0.4 is 15.5 Å². The van der Waals surface area contributed by atoms with Crippen LogP contribution in [-0.4, -0.2) is 32.7 Å². The van der Waals surface area contributed by atoms with Gasteiger partial charge in [-0.1, -0.05) is 35.0 Å². The molecule has 0 fully saturated rings. The highest BCUT2D eigenvalue weighted by Gasteiger charge is 2.19. The second kappa shape index (κ2) is 9.46. The van der Waals surface area contributed by atoms with E-state index in [0.29, 0.717) is 28.3 Å². The molecule has 0 bridgehead atoms. The molecule has 0 spiro atoms. The van der Waals surface area contributed by atoms with Crippen LogP contribution in [0.3, 0.4) is 0 Å². The maximum Gasteiger partial charge on any atom is 0.263 e. The van der Waals surface area contributed by atoms with Crippen molar-refractivity contribution in [3.05, 3.63) is 88.3 Å². The molecule has 0 aliphatic carbocycles. The molecule has 1 amide bonds. The fraction of sp³-hybridized carbons (Fsp3) is 0.148. The van der Waals surface area contributed by atoms with Gasteiger partial charge in [0.05, 0.1) is 12.5 Å². The van der Waals surface area contributed by atoms with Crippen LogP contribution in [0.1, 0.15) is 11.3 Å². The van der Waals surface area contributed by atoms with E-state index in [-0.39, 0.29) is 29.3 Å². The highest BCUT2D eigenvalue weighted by molar-refractivity contribution is 5.92. The Morgan fingerprint density at radius 2 is 1.75 bits per heavy atom. The predicted octanol–water partition coefficient (Wildman–Crippen LogP) is 4.38. The Balaban J connectivity index is 1.52. The Morgan fingerprint density at radius 3 is 2.47 bits per heavy atom. The van der Waals surface area contributed by atoms with Crippen LogP contribution >= 0.6 is 0 Å². The fourth-order valence-electron chi connectivity index (χ4n) is 3.82. The molecule has 5 aromatic rings. The van der Waals surface area contributed by atoms with Crippen molar-refractivity contribution in [2.45, 2.75) is 20.4 Å². The summed E-state index contributed by atoms with van der Waals surface area (Å²) in [5.74, 6) is 0.844. The lowest BCUT2D eigenvalue weighted by molar-refractivity contribution is -0.116. The van der Waals surface area contributed by atoms with E-state index in [1.807, 2.05) is 38.1 Å². The molecule has 0 radical (unpaired) electrons. The molecule has 0 aliphatic rings. The number of pyridine rings is 2. The molecule has 2 aromatic carbocycles. The van der Waals surface area contributed by atoms with E-state index in [0.717, 1.165) is 16.8 Å². The lowest BCUT2D eigenvalue weighted by Crippen LogP contribution is -2.22. The van der Waals surface area contributed by atoms with E-state index in [1.165, 1.54) is 6.20 Å². The first-order valence-corrected chi connectivity index (χ1v) is 11.3. The van der Waals surface area contributed by atoms with E-state index in [1.54, 1.807) is 48.1 Å². The van der Waals surface area contributed by atoms with Crippen molar-refractivity contribution in [3.8, 4) is 28.6 Å².